The van der Waals surface area contributed by atoms with Gasteiger partial charge in [-0.2, -0.15) is 0 Å². The molecule has 0 aromatic carbocycles. The van der Waals surface area contributed by atoms with Gasteiger partial charge in [0.2, 0.25) is 0 Å². The molecule has 17 heavy (non-hydrogen) atoms. The van der Waals surface area contributed by atoms with Crippen molar-refractivity contribution in [2.24, 2.45) is 0 Å². The molecule has 0 aliphatic rings. The molecule has 1 aromatic rings. The fourth-order valence-corrected chi connectivity index (χ4v) is 1.38. The van der Waals surface area contributed by atoms with Crippen molar-refractivity contribution in [3.63, 3.8) is 0 Å². The van der Waals surface area contributed by atoms with Gasteiger partial charge in [0.25, 0.3) is 5.91 Å². The normalized spacial score (nSPS) is 11.4. The monoisotopic (exact) mass is 231 g/mol. The summed E-state index contributed by atoms with van der Waals surface area (Å²) in [5, 5.41) is 3.22. The molecule has 0 saturated carbocycles. The van der Waals surface area contributed by atoms with Gasteiger partial charge in [-0.05, 0) is 19.1 Å². The molecule has 90 valence electrons. The maximum Gasteiger partial charge on any atom is 0.272 e. The van der Waals surface area contributed by atoms with Crippen LogP contribution in [0.25, 0.3) is 0 Å². The van der Waals surface area contributed by atoms with Crippen LogP contribution in [-0.2, 0) is 0 Å². The quantitative estimate of drug-likeness (QED) is 0.801. The molecule has 1 heterocycles. The van der Waals surface area contributed by atoms with E-state index in [9.17, 15) is 4.79 Å². The molecule has 1 atom stereocenters. The Bertz CT molecular complexity index is 435. The van der Waals surface area contributed by atoms with E-state index in [-0.39, 0.29) is 11.9 Å². The van der Waals surface area contributed by atoms with Crippen LogP contribution in [0.5, 0.6) is 0 Å². The number of anilines is 1. The van der Waals surface area contributed by atoms with E-state index in [0.29, 0.717) is 12.1 Å². The number of pyridine rings is 1. The summed E-state index contributed by atoms with van der Waals surface area (Å²) in [6.45, 7) is 1.99. The highest BCUT2D eigenvalue weighted by Gasteiger charge is 2.10. The summed E-state index contributed by atoms with van der Waals surface area (Å²) in [4.78, 5) is 17.3. The van der Waals surface area contributed by atoms with E-state index in [0.717, 1.165) is 5.69 Å². The minimum absolute atomic E-state index is 0.113. The van der Waals surface area contributed by atoms with Crippen LogP contribution < -0.4 is 5.32 Å². The molecular weight excluding hydrogens is 214 g/mol. The van der Waals surface area contributed by atoms with Crippen LogP contribution in [0.4, 0.5) is 5.69 Å². The largest absolute Gasteiger partial charge is 0.382 e. The summed E-state index contributed by atoms with van der Waals surface area (Å²) >= 11 is 0. The molecule has 4 heteroatoms. The van der Waals surface area contributed by atoms with Gasteiger partial charge in [0.1, 0.15) is 5.69 Å². The Morgan fingerprint density at radius 2 is 2.35 bits per heavy atom. The molecule has 1 N–H and O–H groups in total. The van der Waals surface area contributed by atoms with Crippen LogP contribution in [0.15, 0.2) is 18.3 Å². The summed E-state index contributed by atoms with van der Waals surface area (Å²) in [7, 11) is 3.40. The number of nitrogens with one attached hydrogen (secondary N) is 1. The standard InChI is InChI=1S/C13H17N3O/c1-5-6-10(2)15-11-7-8-14-12(9-11)13(17)16(3)4/h1,7-10H,6H2,2-4H3,(H,14,15). The van der Waals surface area contributed by atoms with Gasteiger partial charge in [0.15, 0.2) is 0 Å². The van der Waals surface area contributed by atoms with Crippen LogP contribution >= 0.6 is 0 Å². The topological polar surface area (TPSA) is 45.2 Å². The Labute approximate surface area is 102 Å². The van der Waals surface area contributed by atoms with Crippen LogP contribution in [-0.4, -0.2) is 35.9 Å². The predicted octanol–water partition coefficient (Wildman–Crippen LogP) is 1.61. The number of amides is 1. The molecule has 0 bridgehead atoms. The number of aromatic nitrogens is 1. The summed E-state index contributed by atoms with van der Waals surface area (Å²) in [5.74, 6) is 2.48. The third-order valence-corrected chi connectivity index (χ3v) is 2.22. The van der Waals surface area contributed by atoms with Crippen molar-refractivity contribution in [3.05, 3.63) is 24.0 Å². The molecule has 1 amide bonds. The van der Waals surface area contributed by atoms with Gasteiger partial charge in [-0.1, -0.05) is 0 Å². The first-order valence-electron chi connectivity index (χ1n) is 5.42. The highest BCUT2D eigenvalue weighted by molar-refractivity contribution is 5.92. The minimum Gasteiger partial charge on any atom is -0.382 e. The highest BCUT2D eigenvalue weighted by atomic mass is 16.2. The predicted molar refractivity (Wildman–Crippen MR) is 68.8 cm³/mol. The lowest BCUT2D eigenvalue weighted by molar-refractivity contribution is 0.0822. The first kappa shape index (κ1) is 13.0. The van der Waals surface area contributed by atoms with E-state index in [1.807, 2.05) is 13.0 Å². The van der Waals surface area contributed by atoms with E-state index < -0.39 is 0 Å². The fourth-order valence-electron chi connectivity index (χ4n) is 1.38. The fraction of sp³-hybridized carbons (Fsp3) is 0.385. The number of nitrogens with zero attached hydrogens (tertiary/aromatic N) is 2. The third kappa shape index (κ3) is 3.80. The summed E-state index contributed by atoms with van der Waals surface area (Å²) < 4.78 is 0. The van der Waals surface area contributed by atoms with Gasteiger partial charge in [0, 0.05) is 38.4 Å². The van der Waals surface area contributed by atoms with Gasteiger partial charge in [-0.25, -0.2) is 0 Å². The van der Waals surface area contributed by atoms with Crippen molar-refractivity contribution in [3.8, 4) is 12.3 Å². The molecular formula is C13H17N3O. The molecule has 0 fully saturated rings. The molecule has 4 nitrogen and oxygen atoms in total. The zero-order chi connectivity index (χ0) is 12.8. The lowest BCUT2D eigenvalue weighted by Crippen LogP contribution is -2.23. The average molecular weight is 231 g/mol. The summed E-state index contributed by atoms with van der Waals surface area (Å²) in [6, 6.07) is 3.72. The Hall–Kier alpha value is -2.02. The zero-order valence-electron chi connectivity index (χ0n) is 10.4. The van der Waals surface area contributed by atoms with Gasteiger partial charge in [0.05, 0.1) is 0 Å². The van der Waals surface area contributed by atoms with Crippen molar-refractivity contribution >= 4 is 11.6 Å². The van der Waals surface area contributed by atoms with Gasteiger partial charge in [-0.3, -0.25) is 9.78 Å². The maximum absolute atomic E-state index is 11.7. The van der Waals surface area contributed by atoms with Gasteiger partial charge < -0.3 is 10.2 Å². The second-order valence-corrected chi connectivity index (χ2v) is 4.08. The van der Waals surface area contributed by atoms with E-state index >= 15 is 0 Å². The van der Waals surface area contributed by atoms with E-state index in [1.54, 1.807) is 26.4 Å². The van der Waals surface area contributed by atoms with Gasteiger partial charge >= 0.3 is 0 Å². The van der Waals surface area contributed by atoms with Crippen LogP contribution in [0.3, 0.4) is 0 Å². The molecule has 1 rings (SSSR count). The van der Waals surface area contributed by atoms with E-state index in [4.69, 9.17) is 6.42 Å². The first-order valence-corrected chi connectivity index (χ1v) is 5.42. The molecule has 0 aliphatic carbocycles. The first-order chi connectivity index (χ1) is 8.04. The number of terminal acetylenes is 1. The van der Waals surface area contributed by atoms with Gasteiger partial charge in [-0.15, -0.1) is 12.3 Å². The second-order valence-electron chi connectivity index (χ2n) is 4.08. The number of hydrogen-bond acceptors (Lipinski definition) is 3. The SMILES string of the molecule is C#CCC(C)Nc1ccnc(C(=O)N(C)C)c1. The number of rotatable bonds is 4. The zero-order valence-corrected chi connectivity index (χ0v) is 10.4. The molecule has 1 unspecified atom stereocenters. The Kier molecular flexibility index (Phi) is 4.53. The Morgan fingerprint density at radius 1 is 1.65 bits per heavy atom. The van der Waals surface area contributed by atoms with Crippen molar-refractivity contribution in [2.45, 2.75) is 19.4 Å². The van der Waals surface area contributed by atoms with Crippen molar-refractivity contribution in [1.29, 1.82) is 0 Å². The lowest BCUT2D eigenvalue weighted by Gasteiger charge is -2.14. The lowest BCUT2D eigenvalue weighted by atomic mass is 10.2. The maximum atomic E-state index is 11.7. The molecule has 0 radical (unpaired) electrons. The van der Waals surface area contributed by atoms with Crippen LogP contribution in [0.1, 0.15) is 23.8 Å². The number of hydrogen-bond donors (Lipinski definition) is 1. The molecule has 0 spiro atoms. The number of carbonyl (C=O) groups excluding carboxylic acids is 1. The minimum atomic E-state index is -0.113. The van der Waals surface area contributed by atoms with Crippen molar-refractivity contribution in [1.82, 2.24) is 9.88 Å². The van der Waals surface area contributed by atoms with Crippen LogP contribution in [0, 0.1) is 12.3 Å². The smallest absolute Gasteiger partial charge is 0.272 e. The summed E-state index contributed by atoms with van der Waals surface area (Å²) in [6.07, 6.45) is 7.49. The Balaban J connectivity index is 2.80. The molecule has 0 aliphatic heterocycles. The van der Waals surface area contributed by atoms with E-state index in [2.05, 4.69) is 16.2 Å². The number of carbonyl (C=O) groups is 1. The molecule has 1 aromatic heterocycles. The Morgan fingerprint density at radius 3 is 2.94 bits per heavy atom. The second kappa shape index (κ2) is 5.90. The average Bonchev–Trinajstić information content (AvgIpc) is 2.28. The van der Waals surface area contributed by atoms with E-state index in [1.165, 1.54) is 4.90 Å². The highest BCUT2D eigenvalue weighted by Crippen LogP contribution is 2.11. The summed E-state index contributed by atoms with van der Waals surface area (Å²) in [5.41, 5.74) is 1.28. The molecule has 0 saturated heterocycles. The van der Waals surface area contributed by atoms with Crippen LogP contribution in [0.2, 0.25) is 0 Å². The third-order valence-electron chi connectivity index (χ3n) is 2.22. The van der Waals surface area contributed by atoms with Crippen molar-refractivity contribution < 1.29 is 4.79 Å². The van der Waals surface area contributed by atoms with Crippen molar-refractivity contribution in [2.75, 3.05) is 19.4 Å².